The normalized spacial score (nSPS) is 15.1. The van der Waals surface area contributed by atoms with Gasteiger partial charge in [0.2, 0.25) is 0 Å². The van der Waals surface area contributed by atoms with Gasteiger partial charge in [-0.3, -0.25) is 0 Å². The van der Waals surface area contributed by atoms with Crippen LogP contribution in [0.3, 0.4) is 0 Å². The molecule has 0 spiro atoms. The molecule has 1 aromatic carbocycles. The number of benzene rings is 1. The van der Waals surface area contributed by atoms with Crippen molar-refractivity contribution in [2.45, 2.75) is 0 Å². The van der Waals surface area contributed by atoms with Crippen molar-refractivity contribution in [3.05, 3.63) is 66.8 Å². The van der Waals surface area contributed by atoms with Crippen LogP contribution < -0.4 is 0 Å². The molecule has 0 N–H and O–H groups in total. The Morgan fingerprint density at radius 2 is 1.62 bits per heavy atom. The predicted molar refractivity (Wildman–Crippen MR) is 57.2 cm³/mol. The fraction of sp³-hybridized carbons (Fsp3) is 0.0769. The van der Waals surface area contributed by atoms with E-state index in [1.165, 1.54) is 11.1 Å². The molecule has 0 unspecified atom stereocenters. The first kappa shape index (κ1) is 8.06. The van der Waals surface area contributed by atoms with E-state index in [4.69, 9.17) is 0 Å². The van der Waals surface area contributed by atoms with E-state index in [0.29, 0.717) is 5.92 Å². The highest BCUT2D eigenvalue weighted by Gasteiger charge is 2.08. The fourth-order valence-electron chi connectivity index (χ4n) is 1.51. The van der Waals surface area contributed by atoms with Gasteiger partial charge in [0.1, 0.15) is 0 Å². The average molecular weight is 168 g/mol. The molecule has 0 heteroatoms. The SMILES string of the molecule is C=C(c1ccccc1)C1C=CC=C1. The molecule has 0 saturated heterocycles. The molecule has 1 aromatic rings. The summed E-state index contributed by atoms with van der Waals surface area (Å²) in [6.45, 7) is 4.10. The van der Waals surface area contributed by atoms with Gasteiger partial charge in [0.25, 0.3) is 0 Å². The fourth-order valence-corrected chi connectivity index (χ4v) is 1.51. The second-order valence-electron chi connectivity index (χ2n) is 3.19. The zero-order valence-electron chi connectivity index (χ0n) is 7.48. The average Bonchev–Trinajstić information content (AvgIpc) is 2.71. The van der Waals surface area contributed by atoms with Gasteiger partial charge in [-0.2, -0.15) is 0 Å². The van der Waals surface area contributed by atoms with Crippen molar-refractivity contribution in [1.82, 2.24) is 0 Å². The topological polar surface area (TPSA) is 0 Å². The van der Waals surface area contributed by atoms with Crippen LogP contribution in [0.1, 0.15) is 5.56 Å². The summed E-state index contributed by atoms with van der Waals surface area (Å²) in [5, 5.41) is 0. The van der Waals surface area contributed by atoms with Gasteiger partial charge < -0.3 is 0 Å². The summed E-state index contributed by atoms with van der Waals surface area (Å²) in [6.07, 6.45) is 8.46. The molecular formula is C13H12. The highest BCUT2D eigenvalue weighted by Crippen LogP contribution is 2.26. The summed E-state index contributed by atoms with van der Waals surface area (Å²) in [4.78, 5) is 0. The van der Waals surface area contributed by atoms with Crippen molar-refractivity contribution >= 4 is 5.57 Å². The van der Waals surface area contributed by atoms with Gasteiger partial charge in [0, 0.05) is 5.92 Å². The Morgan fingerprint density at radius 3 is 2.23 bits per heavy atom. The first-order chi connectivity index (χ1) is 6.38. The summed E-state index contributed by atoms with van der Waals surface area (Å²) in [6, 6.07) is 10.3. The van der Waals surface area contributed by atoms with Crippen molar-refractivity contribution in [1.29, 1.82) is 0 Å². The molecule has 0 fully saturated rings. The standard InChI is InChI=1S/C13H12/c1-11(13-9-5-6-10-13)12-7-3-2-4-8-12/h2-10,13H,1H2. The van der Waals surface area contributed by atoms with E-state index < -0.39 is 0 Å². The van der Waals surface area contributed by atoms with E-state index >= 15 is 0 Å². The molecule has 13 heavy (non-hydrogen) atoms. The van der Waals surface area contributed by atoms with Gasteiger partial charge in [-0.25, -0.2) is 0 Å². The monoisotopic (exact) mass is 168 g/mol. The summed E-state index contributed by atoms with van der Waals surface area (Å²) >= 11 is 0. The van der Waals surface area contributed by atoms with Gasteiger partial charge >= 0.3 is 0 Å². The van der Waals surface area contributed by atoms with Crippen LogP contribution in [0.2, 0.25) is 0 Å². The molecule has 0 radical (unpaired) electrons. The first-order valence-corrected chi connectivity index (χ1v) is 4.47. The van der Waals surface area contributed by atoms with Crippen molar-refractivity contribution in [3.8, 4) is 0 Å². The minimum Gasteiger partial charge on any atom is -0.0943 e. The number of hydrogen-bond acceptors (Lipinski definition) is 0. The van der Waals surface area contributed by atoms with E-state index in [1.807, 2.05) is 18.2 Å². The summed E-state index contributed by atoms with van der Waals surface area (Å²) in [5.74, 6) is 0.391. The highest BCUT2D eigenvalue weighted by molar-refractivity contribution is 5.69. The smallest absolute Gasteiger partial charge is 0.0204 e. The maximum atomic E-state index is 4.10. The zero-order valence-corrected chi connectivity index (χ0v) is 7.48. The molecule has 1 aliphatic rings. The Bertz CT molecular complexity index is 343. The molecule has 0 aromatic heterocycles. The van der Waals surface area contributed by atoms with E-state index in [-0.39, 0.29) is 0 Å². The molecule has 2 rings (SSSR count). The first-order valence-electron chi connectivity index (χ1n) is 4.47. The van der Waals surface area contributed by atoms with Crippen LogP contribution in [0, 0.1) is 5.92 Å². The number of hydrogen-bond donors (Lipinski definition) is 0. The molecule has 0 aliphatic heterocycles. The Kier molecular flexibility index (Phi) is 2.13. The molecule has 0 saturated carbocycles. The lowest BCUT2D eigenvalue weighted by Gasteiger charge is -2.09. The predicted octanol–water partition coefficient (Wildman–Crippen LogP) is 3.44. The maximum Gasteiger partial charge on any atom is 0.0204 e. The van der Waals surface area contributed by atoms with Crippen LogP contribution in [-0.2, 0) is 0 Å². The molecule has 1 aliphatic carbocycles. The number of rotatable bonds is 2. The third kappa shape index (κ3) is 1.62. The van der Waals surface area contributed by atoms with Crippen LogP contribution in [-0.4, -0.2) is 0 Å². The van der Waals surface area contributed by atoms with Gasteiger partial charge in [-0.1, -0.05) is 61.2 Å². The lowest BCUT2D eigenvalue weighted by molar-refractivity contribution is 1.12. The second-order valence-corrected chi connectivity index (χ2v) is 3.19. The van der Waals surface area contributed by atoms with Gasteiger partial charge in [-0.05, 0) is 11.1 Å². The van der Waals surface area contributed by atoms with Gasteiger partial charge in [-0.15, -0.1) is 0 Å². The van der Waals surface area contributed by atoms with E-state index in [2.05, 4.69) is 43.0 Å². The summed E-state index contributed by atoms with van der Waals surface area (Å²) in [5.41, 5.74) is 2.40. The van der Waals surface area contributed by atoms with Crippen LogP contribution in [0.15, 0.2) is 61.2 Å². The minimum absolute atomic E-state index is 0.391. The minimum atomic E-state index is 0.391. The summed E-state index contributed by atoms with van der Waals surface area (Å²) in [7, 11) is 0. The van der Waals surface area contributed by atoms with Gasteiger partial charge in [0.15, 0.2) is 0 Å². The molecule has 0 nitrogen and oxygen atoms in total. The third-order valence-electron chi connectivity index (χ3n) is 2.29. The van der Waals surface area contributed by atoms with Crippen molar-refractivity contribution in [2.75, 3.05) is 0 Å². The second kappa shape index (κ2) is 3.44. The van der Waals surface area contributed by atoms with E-state index in [9.17, 15) is 0 Å². The summed E-state index contributed by atoms with van der Waals surface area (Å²) < 4.78 is 0. The third-order valence-corrected chi connectivity index (χ3v) is 2.29. The lowest BCUT2D eigenvalue weighted by atomic mass is 9.95. The molecule has 0 atom stereocenters. The van der Waals surface area contributed by atoms with Crippen LogP contribution in [0.25, 0.3) is 5.57 Å². The van der Waals surface area contributed by atoms with Crippen LogP contribution >= 0.6 is 0 Å². The van der Waals surface area contributed by atoms with Crippen LogP contribution in [0.4, 0.5) is 0 Å². The quantitative estimate of drug-likeness (QED) is 0.634. The lowest BCUT2D eigenvalue weighted by Crippen LogP contribution is -1.92. The highest BCUT2D eigenvalue weighted by atomic mass is 14.1. The van der Waals surface area contributed by atoms with E-state index in [1.54, 1.807) is 0 Å². The maximum absolute atomic E-state index is 4.10. The Balaban J connectivity index is 2.23. The van der Waals surface area contributed by atoms with Crippen molar-refractivity contribution < 1.29 is 0 Å². The molecule has 0 amide bonds. The zero-order chi connectivity index (χ0) is 9.10. The van der Waals surface area contributed by atoms with Gasteiger partial charge in [0.05, 0.1) is 0 Å². The van der Waals surface area contributed by atoms with Crippen molar-refractivity contribution in [2.24, 2.45) is 5.92 Å². The molecule has 0 bridgehead atoms. The Morgan fingerprint density at radius 1 is 1.00 bits per heavy atom. The molecule has 64 valence electrons. The molecular weight excluding hydrogens is 156 g/mol. The van der Waals surface area contributed by atoms with E-state index in [0.717, 1.165) is 0 Å². The largest absolute Gasteiger partial charge is 0.0943 e. The van der Waals surface area contributed by atoms with Crippen molar-refractivity contribution in [3.63, 3.8) is 0 Å². The Hall–Kier alpha value is -1.56. The molecule has 0 heterocycles. The number of allylic oxidation sites excluding steroid dienone is 5. The Labute approximate surface area is 78.9 Å². The van der Waals surface area contributed by atoms with Crippen LogP contribution in [0.5, 0.6) is 0 Å².